The lowest BCUT2D eigenvalue weighted by Crippen LogP contribution is -2.47. The molecule has 0 spiro atoms. The Balaban J connectivity index is 1.26. The first-order valence-electron chi connectivity index (χ1n) is 13.3. The number of aryl methyl sites for hydroxylation is 2. The number of carbonyl (C=O) groups is 1. The predicted molar refractivity (Wildman–Crippen MR) is 145 cm³/mol. The van der Waals surface area contributed by atoms with Crippen LogP contribution in [-0.2, 0) is 26.4 Å². The zero-order chi connectivity index (χ0) is 25.1. The molecule has 6 heteroatoms. The van der Waals surface area contributed by atoms with Crippen LogP contribution < -0.4 is 4.90 Å². The molecule has 1 saturated heterocycles. The summed E-state index contributed by atoms with van der Waals surface area (Å²) in [6.45, 7) is 4.30. The molecule has 0 saturated carbocycles. The van der Waals surface area contributed by atoms with Crippen molar-refractivity contribution in [3.8, 4) is 0 Å². The summed E-state index contributed by atoms with van der Waals surface area (Å²) in [6, 6.07) is 19.6. The summed E-state index contributed by atoms with van der Waals surface area (Å²) in [5, 5.41) is 4.37. The molecular formula is C30H39N5O. The molecule has 190 valence electrons. The lowest BCUT2D eigenvalue weighted by molar-refractivity contribution is 0.0579. The second-order valence-electron chi connectivity index (χ2n) is 10.6. The van der Waals surface area contributed by atoms with Gasteiger partial charge in [0.2, 0.25) is 0 Å². The fraction of sp³-hybridized carbons (Fsp3) is 0.467. The van der Waals surface area contributed by atoms with Crippen LogP contribution in [0.3, 0.4) is 0 Å². The van der Waals surface area contributed by atoms with Crippen LogP contribution in [0.15, 0.2) is 60.8 Å². The van der Waals surface area contributed by atoms with Gasteiger partial charge in [0.1, 0.15) is 5.69 Å². The fourth-order valence-electron chi connectivity index (χ4n) is 6.03. The number of nitrogens with zero attached hydrogens (tertiary/aromatic N) is 5. The van der Waals surface area contributed by atoms with E-state index in [1.807, 2.05) is 31.3 Å². The molecule has 2 aliphatic heterocycles. The molecule has 0 aliphatic carbocycles. The van der Waals surface area contributed by atoms with Crippen LogP contribution in [0.25, 0.3) is 0 Å². The summed E-state index contributed by atoms with van der Waals surface area (Å²) in [5.41, 5.74) is 6.12. The smallest absolute Gasteiger partial charge is 0.274 e. The van der Waals surface area contributed by atoms with Crippen molar-refractivity contribution in [3.63, 3.8) is 0 Å². The highest BCUT2D eigenvalue weighted by atomic mass is 16.2. The molecule has 1 atom stereocenters. The van der Waals surface area contributed by atoms with Gasteiger partial charge in [-0.1, -0.05) is 42.5 Å². The normalized spacial score (nSPS) is 17.6. The van der Waals surface area contributed by atoms with Crippen LogP contribution in [-0.4, -0.2) is 65.3 Å². The highest BCUT2D eigenvalue weighted by Gasteiger charge is 2.32. The zero-order valence-corrected chi connectivity index (χ0v) is 21.9. The molecule has 2 aromatic carbocycles. The van der Waals surface area contributed by atoms with Gasteiger partial charge >= 0.3 is 0 Å². The van der Waals surface area contributed by atoms with Gasteiger partial charge in [-0.2, -0.15) is 5.10 Å². The van der Waals surface area contributed by atoms with E-state index >= 15 is 0 Å². The number of carbonyl (C=O) groups excluding carboxylic acids is 1. The summed E-state index contributed by atoms with van der Waals surface area (Å²) in [4.78, 5) is 20.2. The lowest BCUT2D eigenvalue weighted by atomic mass is 9.84. The molecule has 3 heterocycles. The molecule has 1 fully saturated rings. The van der Waals surface area contributed by atoms with Crippen molar-refractivity contribution in [2.24, 2.45) is 13.0 Å². The molecule has 6 nitrogen and oxygen atoms in total. The average Bonchev–Trinajstić information content (AvgIpc) is 3.34. The van der Waals surface area contributed by atoms with E-state index in [2.05, 4.69) is 70.5 Å². The summed E-state index contributed by atoms with van der Waals surface area (Å²) in [5.74, 6) is 0.481. The number of amides is 1. The van der Waals surface area contributed by atoms with E-state index in [0.29, 0.717) is 11.6 Å². The number of fused-ring (bicyclic) bond motifs is 1. The Morgan fingerprint density at radius 3 is 2.53 bits per heavy atom. The number of piperidine rings is 1. The minimum Gasteiger partial charge on any atom is -0.374 e. The molecule has 3 aromatic rings. The van der Waals surface area contributed by atoms with E-state index in [1.165, 1.54) is 35.2 Å². The van der Waals surface area contributed by atoms with Crippen molar-refractivity contribution in [3.05, 3.63) is 83.2 Å². The number of aromatic nitrogens is 2. The van der Waals surface area contributed by atoms with Gasteiger partial charge in [0.25, 0.3) is 5.91 Å². The van der Waals surface area contributed by atoms with Crippen molar-refractivity contribution in [2.45, 2.75) is 44.7 Å². The van der Waals surface area contributed by atoms with Crippen LogP contribution >= 0.6 is 0 Å². The standard InChI is InChI=1S/C30H39N5O/c1-32-16-7-10-26-20-24(11-12-28(26)32)22-35-18-13-25(14-19-35)29(21-23-8-5-4-6-9-23)34(3)30(36)27-15-17-33(2)31-27/h4-6,8-9,11-12,15,17,20,25,29H,7,10,13-14,16,18-19,21-22H2,1-3H3. The maximum absolute atomic E-state index is 13.3. The number of likely N-dealkylation sites (N-methyl/N-ethyl adjacent to an activating group) is 1. The second kappa shape index (κ2) is 10.9. The first kappa shape index (κ1) is 24.6. The minimum absolute atomic E-state index is 0.0120. The summed E-state index contributed by atoms with van der Waals surface area (Å²) in [7, 11) is 6.01. The SMILES string of the molecule is CN1CCCc2cc(CN3CCC(C(Cc4ccccc4)N(C)C(=O)c4ccn(C)n4)CC3)ccc21. The number of hydrogen-bond acceptors (Lipinski definition) is 4. The van der Waals surface area contributed by atoms with E-state index in [9.17, 15) is 4.79 Å². The Morgan fingerprint density at radius 1 is 1.03 bits per heavy atom. The van der Waals surface area contributed by atoms with Gasteiger partial charge in [0, 0.05) is 52.2 Å². The molecule has 1 amide bonds. The summed E-state index contributed by atoms with van der Waals surface area (Å²) >= 11 is 0. The van der Waals surface area contributed by atoms with Gasteiger partial charge in [0.05, 0.1) is 0 Å². The number of rotatable bonds is 7. The van der Waals surface area contributed by atoms with Crippen molar-refractivity contribution in [1.29, 1.82) is 0 Å². The van der Waals surface area contributed by atoms with Crippen LogP contribution in [0.2, 0.25) is 0 Å². The highest BCUT2D eigenvalue weighted by Crippen LogP contribution is 2.30. The molecule has 0 bridgehead atoms. The van der Waals surface area contributed by atoms with Crippen molar-refractivity contribution < 1.29 is 4.79 Å². The molecule has 0 N–H and O–H groups in total. The fourth-order valence-corrected chi connectivity index (χ4v) is 6.03. The van der Waals surface area contributed by atoms with Gasteiger partial charge in [-0.15, -0.1) is 0 Å². The molecule has 2 aliphatic rings. The van der Waals surface area contributed by atoms with E-state index < -0.39 is 0 Å². The highest BCUT2D eigenvalue weighted by molar-refractivity contribution is 5.92. The largest absolute Gasteiger partial charge is 0.374 e. The molecule has 1 unspecified atom stereocenters. The van der Waals surface area contributed by atoms with Crippen LogP contribution in [0.4, 0.5) is 5.69 Å². The monoisotopic (exact) mass is 485 g/mol. The Bertz CT molecular complexity index is 1170. The average molecular weight is 486 g/mol. The van der Waals surface area contributed by atoms with Crippen molar-refractivity contribution in [1.82, 2.24) is 19.6 Å². The maximum Gasteiger partial charge on any atom is 0.274 e. The van der Waals surface area contributed by atoms with Gasteiger partial charge in [-0.05, 0) is 79.9 Å². The third-order valence-electron chi connectivity index (χ3n) is 8.12. The first-order valence-corrected chi connectivity index (χ1v) is 13.3. The molecule has 36 heavy (non-hydrogen) atoms. The minimum atomic E-state index is 0.0120. The van der Waals surface area contributed by atoms with Gasteiger partial charge < -0.3 is 9.80 Å². The zero-order valence-electron chi connectivity index (χ0n) is 21.9. The Morgan fingerprint density at radius 2 is 1.81 bits per heavy atom. The molecular weight excluding hydrogens is 446 g/mol. The lowest BCUT2D eigenvalue weighted by Gasteiger charge is -2.40. The van der Waals surface area contributed by atoms with Gasteiger partial charge in [-0.25, -0.2) is 0 Å². The van der Waals surface area contributed by atoms with Crippen LogP contribution in [0.5, 0.6) is 0 Å². The Kier molecular flexibility index (Phi) is 7.42. The topological polar surface area (TPSA) is 44.6 Å². The van der Waals surface area contributed by atoms with Crippen molar-refractivity contribution in [2.75, 3.05) is 38.6 Å². The second-order valence-corrected chi connectivity index (χ2v) is 10.6. The molecule has 0 radical (unpaired) electrons. The first-order chi connectivity index (χ1) is 17.5. The predicted octanol–water partition coefficient (Wildman–Crippen LogP) is 4.40. The van der Waals surface area contributed by atoms with Crippen molar-refractivity contribution >= 4 is 11.6 Å². The molecule has 1 aromatic heterocycles. The number of anilines is 1. The van der Waals surface area contributed by atoms with Gasteiger partial charge in [0.15, 0.2) is 0 Å². The third-order valence-corrected chi connectivity index (χ3v) is 8.12. The van der Waals surface area contributed by atoms with E-state index in [1.54, 1.807) is 4.68 Å². The Hall–Kier alpha value is -3.12. The van der Waals surface area contributed by atoms with Crippen LogP contribution in [0.1, 0.15) is 46.4 Å². The maximum atomic E-state index is 13.3. The number of likely N-dealkylation sites (tertiary alicyclic amines) is 1. The van der Waals surface area contributed by atoms with Crippen LogP contribution in [0, 0.1) is 5.92 Å². The number of hydrogen-bond donors (Lipinski definition) is 0. The number of benzene rings is 2. The van der Waals surface area contributed by atoms with E-state index in [-0.39, 0.29) is 11.9 Å². The van der Waals surface area contributed by atoms with E-state index in [4.69, 9.17) is 0 Å². The summed E-state index contributed by atoms with van der Waals surface area (Å²) < 4.78 is 1.70. The quantitative estimate of drug-likeness (QED) is 0.498. The van der Waals surface area contributed by atoms with Gasteiger partial charge in [-0.3, -0.25) is 14.4 Å². The summed E-state index contributed by atoms with van der Waals surface area (Å²) in [6.07, 6.45) is 7.35. The third kappa shape index (κ3) is 5.49. The van der Waals surface area contributed by atoms with E-state index in [0.717, 1.165) is 45.4 Å². The molecule has 5 rings (SSSR count). The Labute approximate surface area is 215 Å².